The van der Waals surface area contributed by atoms with E-state index in [9.17, 15) is 0 Å². The maximum Gasteiger partial charge on any atom is 0.0332 e. The summed E-state index contributed by atoms with van der Waals surface area (Å²) in [5, 5.41) is 0. The quantitative estimate of drug-likeness (QED) is 0.722. The molecule has 0 amide bonds. The number of rotatable bonds is 8. The topological polar surface area (TPSA) is 32.5 Å². The van der Waals surface area contributed by atoms with Gasteiger partial charge < -0.3 is 10.6 Å². The van der Waals surface area contributed by atoms with E-state index in [1.807, 2.05) is 0 Å². The Bertz CT molecular complexity index is 204. The van der Waals surface area contributed by atoms with E-state index in [1.165, 1.54) is 64.8 Å². The number of nitrogens with zero attached hydrogens (tertiary/aromatic N) is 2. The van der Waals surface area contributed by atoms with Crippen LogP contribution < -0.4 is 5.73 Å². The fourth-order valence-corrected chi connectivity index (χ4v) is 3.47. The Kier molecular flexibility index (Phi) is 7.20. The van der Waals surface area contributed by atoms with E-state index in [0.717, 1.165) is 6.54 Å². The molecule has 0 unspecified atom stereocenters. The Balaban J connectivity index is 2.59. The molecule has 0 atom stereocenters. The third kappa shape index (κ3) is 3.94. The highest BCUT2D eigenvalue weighted by atomic mass is 15.3. The molecular weight excluding hydrogens is 222 g/mol. The van der Waals surface area contributed by atoms with Gasteiger partial charge >= 0.3 is 0 Å². The predicted molar refractivity (Wildman–Crippen MR) is 79.9 cm³/mol. The summed E-state index contributed by atoms with van der Waals surface area (Å²) in [6.07, 6.45) is 6.26. The zero-order valence-electron chi connectivity index (χ0n) is 12.7. The van der Waals surface area contributed by atoms with Crippen LogP contribution in [0.2, 0.25) is 0 Å². The summed E-state index contributed by atoms with van der Waals surface area (Å²) in [6, 6.07) is 0. The zero-order chi connectivity index (χ0) is 13.4. The summed E-state index contributed by atoms with van der Waals surface area (Å²) < 4.78 is 0. The van der Waals surface area contributed by atoms with Crippen molar-refractivity contribution in [2.45, 2.75) is 58.4 Å². The van der Waals surface area contributed by atoms with Crippen molar-refractivity contribution in [2.75, 3.05) is 39.3 Å². The third-order valence-corrected chi connectivity index (χ3v) is 4.39. The molecule has 0 aromatic rings. The van der Waals surface area contributed by atoms with Crippen molar-refractivity contribution >= 4 is 0 Å². The molecule has 1 saturated heterocycles. The van der Waals surface area contributed by atoms with Crippen molar-refractivity contribution in [1.29, 1.82) is 0 Å². The molecule has 3 nitrogen and oxygen atoms in total. The van der Waals surface area contributed by atoms with E-state index in [0.29, 0.717) is 0 Å². The first kappa shape index (κ1) is 15.9. The third-order valence-electron chi connectivity index (χ3n) is 4.39. The Labute approximate surface area is 114 Å². The van der Waals surface area contributed by atoms with Crippen molar-refractivity contribution in [2.24, 2.45) is 5.73 Å². The average Bonchev–Trinajstić information content (AvgIpc) is 2.39. The van der Waals surface area contributed by atoms with Crippen LogP contribution in [0.25, 0.3) is 0 Å². The van der Waals surface area contributed by atoms with Gasteiger partial charge in [0.2, 0.25) is 0 Å². The summed E-state index contributed by atoms with van der Waals surface area (Å²) in [5.74, 6) is 0. The van der Waals surface area contributed by atoms with Crippen LogP contribution in [-0.4, -0.2) is 54.6 Å². The summed E-state index contributed by atoms with van der Waals surface area (Å²) in [5.41, 5.74) is 6.43. The largest absolute Gasteiger partial charge is 0.329 e. The number of hydrogen-bond donors (Lipinski definition) is 1. The van der Waals surface area contributed by atoms with E-state index in [2.05, 4.69) is 30.6 Å². The molecular formula is C15H33N3. The molecule has 0 aromatic heterocycles. The maximum absolute atomic E-state index is 6.15. The Morgan fingerprint density at radius 1 is 0.889 bits per heavy atom. The van der Waals surface area contributed by atoms with Crippen LogP contribution in [0.4, 0.5) is 0 Å². The van der Waals surface area contributed by atoms with Gasteiger partial charge in [-0.1, -0.05) is 33.6 Å². The van der Waals surface area contributed by atoms with Crippen molar-refractivity contribution in [3.63, 3.8) is 0 Å². The smallest absolute Gasteiger partial charge is 0.0332 e. The van der Waals surface area contributed by atoms with Gasteiger partial charge in [-0.3, -0.25) is 4.90 Å². The molecule has 0 aliphatic carbocycles. The summed E-state index contributed by atoms with van der Waals surface area (Å²) in [7, 11) is 0. The molecule has 0 bridgehead atoms. The fraction of sp³-hybridized carbons (Fsp3) is 1.00. The molecule has 1 heterocycles. The molecule has 2 N–H and O–H groups in total. The van der Waals surface area contributed by atoms with Crippen molar-refractivity contribution in [1.82, 2.24) is 9.80 Å². The Morgan fingerprint density at radius 3 is 1.83 bits per heavy atom. The van der Waals surface area contributed by atoms with Gasteiger partial charge in [0.25, 0.3) is 0 Å². The average molecular weight is 255 g/mol. The lowest BCUT2D eigenvalue weighted by Gasteiger charge is -2.47. The second-order valence-corrected chi connectivity index (χ2v) is 5.76. The van der Waals surface area contributed by atoms with Crippen LogP contribution in [0.1, 0.15) is 52.9 Å². The molecule has 108 valence electrons. The fourth-order valence-electron chi connectivity index (χ4n) is 3.47. The Hall–Kier alpha value is -0.120. The minimum atomic E-state index is 0.280. The SMILES string of the molecule is CCCN1CCN(C(CN)(CCC)CCC)CC1. The molecule has 18 heavy (non-hydrogen) atoms. The van der Waals surface area contributed by atoms with Crippen molar-refractivity contribution in [3.05, 3.63) is 0 Å². The highest BCUT2D eigenvalue weighted by molar-refractivity contribution is 4.93. The van der Waals surface area contributed by atoms with E-state index >= 15 is 0 Å². The monoisotopic (exact) mass is 255 g/mol. The lowest BCUT2D eigenvalue weighted by atomic mass is 9.86. The van der Waals surface area contributed by atoms with E-state index in [4.69, 9.17) is 5.73 Å². The van der Waals surface area contributed by atoms with Gasteiger partial charge in [-0.2, -0.15) is 0 Å². The van der Waals surface area contributed by atoms with Gasteiger partial charge in [0.05, 0.1) is 0 Å². The van der Waals surface area contributed by atoms with Crippen LogP contribution in [0.15, 0.2) is 0 Å². The van der Waals surface area contributed by atoms with E-state index < -0.39 is 0 Å². The summed E-state index contributed by atoms with van der Waals surface area (Å²) in [4.78, 5) is 5.28. The van der Waals surface area contributed by atoms with Crippen molar-refractivity contribution < 1.29 is 0 Å². The lowest BCUT2D eigenvalue weighted by Crippen LogP contribution is -2.60. The molecule has 1 rings (SSSR count). The zero-order valence-corrected chi connectivity index (χ0v) is 12.7. The number of piperazine rings is 1. The lowest BCUT2D eigenvalue weighted by molar-refractivity contribution is 0.0241. The molecule has 1 aliphatic rings. The Morgan fingerprint density at radius 2 is 1.44 bits per heavy atom. The number of hydrogen-bond acceptors (Lipinski definition) is 3. The minimum absolute atomic E-state index is 0.280. The summed E-state index contributed by atoms with van der Waals surface area (Å²) in [6.45, 7) is 13.8. The molecule has 1 aliphatic heterocycles. The summed E-state index contributed by atoms with van der Waals surface area (Å²) >= 11 is 0. The highest BCUT2D eigenvalue weighted by Gasteiger charge is 2.35. The first-order chi connectivity index (χ1) is 8.72. The van der Waals surface area contributed by atoms with Crippen LogP contribution in [0.3, 0.4) is 0 Å². The van der Waals surface area contributed by atoms with Crippen LogP contribution in [0, 0.1) is 0 Å². The van der Waals surface area contributed by atoms with Crippen molar-refractivity contribution in [3.8, 4) is 0 Å². The van der Waals surface area contributed by atoms with Gasteiger partial charge in [-0.05, 0) is 25.8 Å². The number of nitrogens with two attached hydrogens (primary N) is 1. The van der Waals surface area contributed by atoms with Gasteiger partial charge in [0.1, 0.15) is 0 Å². The van der Waals surface area contributed by atoms with Gasteiger partial charge in [0, 0.05) is 38.3 Å². The molecule has 0 aromatic carbocycles. The molecule has 0 radical (unpaired) electrons. The maximum atomic E-state index is 6.15. The van der Waals surface area contributed by atoms with Crippen LogP contribution in [-0.2, 0) is 0 Å². The molecule has 3 heteroatoms. The normalized spacial score (nSPS) is 19.3. The first-order valence-corrected chi connectivity index (χ1v) is 7.89. The first-order valence-electron chi connectivity index (χ1n) is 7.89. The van der Waals surface area contributed by atoms with E-state index in [1.54, 1.807) is 0 Å². The van der Waals surface area contributed by atoms with E-state index in [-0.39, 0.29) is 5.54 Å². The van der Waals surface area contributed by atoms with Gasteiger partial charge in [-0.25, -0.2) is 0 Å². The van der Waals surface area contributed by atoms with Gasteiger partial charge in [-0.15, -0.1) is 0 Å². The highest BCUT2D eigenvalue weighted by Crippen LogP contribution is 2.27. The standard InChI is InChI=1S/C15H33N3/c1-4-7-15(14-16,8-5-2)18-12-10-17(9-6-3)11-13-18/h4-14,16H2,1-3H3. The van der Waals surface area contributed by atoms with Crippen LogP contribution in [0.5, 0.6) is 0 Å². The minimum Gasteiger partial charge on any atom is -0.329 e. The predicted octanol–water partition coefficient (Wildman–Crippen LogP) is 2.31. The molecule has 1 fully saturated rings. The van der Waals surface area contributed by atoms with Gasteiger partial charge in [0.15, 0.2) is 0 Å². The second-order valence-electron chi connectivity index (χ2n) is 5.76. The second kappa shape index (κ2) is 8.13. The van der Waals surface area contributed by atoms with Crippen LogP contribution >= 0.6 is 0 Å². The molecule has 0 spiro atoms. The molecule has 0 saturated carbocycles.